The minimum atomic E-state index is -5.40. The molecule has 1 atom stereocenters. The van der Waals surface area contributed by atoms with Crippen LogP contribution in [0.3, 0.4) is 0 Å². The maximum absolute atomic E-state index is 14.6. The quantitative estimate of drug-likeness (QED) is 0.328. The van der Waals surface area contributed by atoms with E-state index in [-0.39, 0.29) is 22.7 Å². The molecular formula is C20H13Cl3F5N3O3. The fourth-order valence-corrected chi connectivity index (χ4v) is 3.57. The van der Waals surface area contributed by atoms with E-state index in [1.54, 1.807) is 0 Å². The number of hydrogen-bond acceptors (Lipinski definition) is 3. The van der Waals surface area contributed by atoms with Gasteiger partial charge >= 0.3 is 12.1 Å². The van der Waals surface area contributed by atoms with Crippen molar-refractivity contribution in [3.8, 4) is 0 Å². The number of amides is 3. The predicted octanol–water partition coefficient (Wildman–Crippen LogP) is 5.81. The summed E-state index contributed by atoms with van der Waals surface area (Å²) in [5, 5.41) is 5.59. The Balaban J connectivity index is 1.85. The van der Waals surface area contributed by atoms with Crippen molar-refractivity contribution in [3.63, 3.8) is 0 Å². The highest BCUT2D eigenvalue weighted by atomic mass is 35.5. The molecule has 3 rings (SSSR count). The van der Waals surface area contributed by atoms with Crippen molar-refractivity contribution in [1.29, 1.82) is 0 Å². The Morgan fingerprint density at radius 1 is 1.06 bits per heavy atom. The number of anilines is 3. The molecule has 0 radical (unpaired) electrons. The van der Waals surface area contributed by atoms with Crippen molar-refractivity contribution in [2.45, 2.75) is 23.9 Å². The first-order chi connectivity index (χ1) is 15.6. The molecule has 1 fully saturated rings. The van der Waals surface area contributed by atoms with Gasteiger partial charge in [-0.1, -0.05) is 11.6 Å². The lowest BCUT2D eigenvalue weighted by Gasteiger charge is -2.15. The van der Waals surface area contributed by atoms with Crippen LogP contribution in [0.5, 0.6) is 0 Å². The average Bonchev–Trinajstić information content (AvgIpc) is 3.37. The second-order valence-electron chi connectivity index (χ2n) is 7.35. The minimum absolute atomic E-state index is 0.0703. The number of benzene rings is 2. The van der Waals surface area contributed by atoms with Gasteiger partial charge in [0.25, 0.3) is 5.91 Å². The Hall–Kier alpha value is -2.63. The fraction of sp³-hybridized carbons (Fsp3) is 0.250. The zero-order chi connectivity index (χ0) is 25.6. The number of alkyl halides is 5. The normalized spacial score (nSPS) is 16.6. The molecule has 1 aliphatic rings. The number of halogens is 8. The van der Waals surface area contributed by atoms with Gasteiger partial charge in [0.1, 0.15) is 15.8 Å². The second kappa shape index (κ2) is 9.20. The molecule has 0 saturated heterocycles. The van der Waals surface area contributed by atoms with Crippen LogP contribution in [0.15, 0.2) is 24.3 Å². The lowest BCUT2D eigenvalue weighted by molar-refractivity contribution is -0.167. The number of carbonyl (C=O) groups is 3. The van der Waals surface area contributed by atoms with Gasteiger partial charge < -0.3 is 16.0 Å². The first kappa shape index (κ1) is 26.0. The SMILES string of the molecule is Cc1cc(NC(=O)[C@H]2CC2(Cl)Cl)cc(C(=O)Nc2ccc(F)c(NC(=O)C(F)(F)F)c2F)c1Cl. The summed E-state index contributed by atoms with van der Waals surface area (Å²) in [7, 11) is 0. The van der Waals surface area contributed by atoms with Crippen LogP contribution in [-0.4, -0.2) is 28.2 Å². The Kier molecular flexibility index (Phi) is 7.03. The van der Waals surface area contributed by atoms with E-state index in [0.717, 1.165) is 11.4 Å². The summed E-state index contributed by atoms with van der Waals surface area (Å²) >= 11 is 17.9. The zero-order valence-electron chi connectivity index (χ0n) is 16.8. The van der Waals surface area contributed by atoms with E-state index in [4.69, 9.17) is 34.8 Å². The van der Waals surface area contributed by atoms with E-state index in [9.17, 15) is 36.3 Å². The molecule has 3 N–H and O–H groups in total. The second-order valence-corrected chi connectivity index (χ2v) is 9.27. The largest absolute Gasteiger partial charge is 0.471 e. The van der Waals surface area contributed by atoms with E-state index in [2.05, 4.69) is 10.6 Å². The summed E-state index contributed by atoms with van der Waals surface area (Å²) in [6, 6.07) is 3.91. The highest BCUT2D eigenvalue weighted by molar-refractivity contribution is 6.52. The molecular weight excluding hydrogens is 532 g/mol. The molecule has 2 aromatic rings. The first-order valence-electron chi connectivity index (χ1n) is 9.28. The summed E-state index contributed by atoms with van der Waals surface area (Å²) in [6.07, 6.45) is -5.17. The summed E-state index contributed by atoms with van der Waals surface area (Å²) in [5.41, 5.74) is -1.88. The summed E-state index contributed by atoms with van der Waals surface area (Å²) in [6.45, 7) is 1.52. The number of carbonyl (C=O) groups excluding carboxylic acids is 3. The smallest absolute Gasteiger partial charge is 0.326 e. The van der Waals surface area contributed by atoms with Crippen LogP contribution >= 0.6 is 34.8 Å². The lowest BCUT2D eigenvalue weighted by atomic mass is 10.1. The average molecular weight is 545 g/mol. The molecule has 182 valence electrons. The van der Waals surface area contributed by atoms with Gasteiger partial charge in [-0.15, -0.1) is 23.2 Å². The van der Waals surface area contributed by atoms with Gasteiger partial charge in [-0.2, -0.15) is 13.2 Å². The Bertz CT molecular complexity index is 1200. The van der Waals surface area contributed by atoms with E-state index < -0.39 is 57.2 Å². The van der Waals surface area contributed by atoms with Crippen molar-refractivity contribution in [2.75, 3.05) is 16.0 Å². The summed E-state index contributed by atoms with van der Waals surface area (Å²) < 4.78 is 64.6. The van der Waals surface area contributed by atoms with E-state index in [1.165, 1.54) is 19.1 Å². The van der Waals surface area contributed by atoms with Crippen molar-refractivity contribution in [3.05, 3.63) is 52.0 Å². The van der Waals surface area contributed by atoms with Crippen LogP contribution in [0.25, 0.3) is 0 Å². The van der Waals surface area contributed by atoms with Crippen LogP contribution in [-0.2, 0) is 9.59 Å². The molecule has 3 amide bonds. The molecule has 0 aromatic heterocycles. The van der Waals surface area contributed by atoms with Crippen molar-refractivity contribution < 1.29 is 36.3 Å². The minimum Gasteiger partial charge on any atom is -0.326 e. The van der Waals surface area contributed by atoms with Gasteiger partial charge in [-0.25, -0.2) is 8.78 Å². The van der Waals surface area contributed by atoms with Gasteiger partial charge in [-0.3, -0.25) is 14.4 Å². The number of hydrogen-bond donors (Lipinski definition) is 3. The molecule has 2 aromatic carbocycles. The maximum Gasteiger partial charge on any atom is 0.471 e. The third-order valence-electron chi connectivity index (χ3n) is 4.74. The molecule has 34 heavy (non-hydrogen) atoms. The highest BCUT2D eigenvalue weighted by Crippen LogP contribution is 2.53. The van der Waals surface area contributed by atoms with Crippen LogP contribution < -0.4 is 16.0 Å². The van der Waals surface area contributed by atoms with Crippen LogP contribution in [0.4, 0.5) is 39.0 Å². The maximum atomic E-state index is 14.6. The van der Waals surface area contributed by atoms with Gasteiger partial charge in [0.15, 0.2) is 5.82 Å². The van der Waals surface area contributed by atoms with Crippen molar-refractivity contribution in [2.24, 2.45) is 5.92 Å². The lowest BCUT2D eigenvalue weighted by Crippen LogP contribution is -2.31. The van der Waals surface area contributed by atoms with Gasteiger partial charge in [0, 0.05) is 5.69 Å². The van der Waals surface area contributed by atoms with Crippen LogP contribution in [0, 0.1) is 24.5 Å². The standard InChI is InChI=1S/C20H13Cl3F5N3O3/c1-7-4-8(29-17(33)10-6-19(10,22)23)5-9(13(7)21)16(32)30-12-3-2-11(24)15(14(12)25)31-18(34)20(26,27)28/h2-5,10H,6H2,1H3,(H,29,33)(H,30,32)(H,31,34)/t10-/m1/s1. The predicted molar refractivity (Wildman–Crippen MR) is 116 cm³/mol. The molecule has 0 heterocycles. The molecule has 0 spiro atoms. The third-order valence-corrected chi connectivity index (χ3v) is 6.08. The Morgan fingerprint density at radius 2 is 1.68 bits per heavy atom. The summed E-state index contributed by atoms with van der Waals surface area (Å²) in [4.78, 5) is 36.0. The monoisotopic (exact) mass is 543 g/mol. The van der Waals surface area contributed by atoms with Gasteiger partial charge in [0.2, 0.25) is 5.91 Å². The first-order valence-corrected chi connectivity index (χ1v) is 10.4. The Labute approximate surface area is 203 Å². The van der Waals surface area contributed by atoms with E-state index >= 15 is 0 Å². The topological polar surface area (TPSA) is 87.3 Å². The fourth-order valence-electron chi connectivity index (χ4n) is 2.87. The number of rotatable bonds is 5. The molecule has 1 saturated carbocycles. The van der Waals surface area contributed by atoms with E-state index in [1.807, 2.05) is 0 Å². The molecule has 6 nitrogen and oxygen atoms in total. The van der Waals surface area contributed by atoms with Crippen LogP contribution in [0.2, 0.25) is 5.02 Å². The van der Waals surface area contributed by atoms with Gasteiger partial charge in [0.05, 0.1) is 22.2 Å². The van der Waals surface area contributed by atoms with Crippen LogP contribution in [0.1, 0.15) is 22.3 Å². The molecule has 14 heteroatoms. The zero-order valence-corrected chi connectivity index (χ0v) is 19.1. The molecule has 0 aliphatic heterocycles. The third kappa shape index (κ3) is 5.53. The van der Waals surface area contributed by atoms with E-state index in [0.29, 0.717) is 11.6 Å². The van der Waals surface area contributed by atoms with Crippen molar-refractivity contribution in [1.82, 2.24) is 0 Å². The molecule has 1 aliphatic carbocycles. The molecule has 0 unspecified atom stereocenters. The number of aryl methyl sites for hydroxylation is 1. The Morgan fingerprint density at radius 3 is 2.24 bits per heavy atom. The highest BCUT2D eigenvalue weighted by Gasteiger charge is 2.56. The van der Waals surface area contributed by atoms with Crippen molar-refractivity contribution >= 4 is 69.6 Å². The van der Waals surface area contributed by atoms with Gasteiger partial charge in [-0.05, 0) is 43.2 Å². The summed E-state index contributed by atoms with van der Waals surface area (Å²) in [5.74, 6) is -7.96. The molecule has 0 bridgehead atoms. The number of nitrogens with one attached hydrogen (secondary N) is 3.